The van der Waals surface area contributed by atoms with E-state index < -0.39 is 0 Å². The molecule has 5 aromatic rings. The van der Waals surface area contributed by atoms with Crippen molar-refractivity contribution in [3.05, 3.63) is 90.2 Å². The number of anilines is 4. The number of hydrogen-bond donors (Lipinski definition) is 2. The fourth-order valence-electron chi connectivity index (χ4n) is 3.05. The molecule has 0 fully saturated rings. The molecule has 0 atom stereocenters. The van der Waals surface area contributed by atoms with Crippen molar-refractivity contribution in [2.75, 3.05) is 10.6 Å². The molecule has 0 amide bonds. The molecule has 0 radical (unpaired) electrons. The predicted molar refractivity (Wildman–Crippen MR) is 119 cm³/mol. The van der Waals surface area contributed by atoms with Crippen LogP contribution in [0.5, 0.6) is 0 Å². The van der Waals surface area contributed by atoms with Gasteiger partial charge in [0.05, 0.1) is 5.69 Å². The normalized spacial score (nSPS) is 10.8. The SMILES string of the molecule is Clc1ccc2oc(Nc3ccc(Nc4cc(-c5ccccc5)ncn4)cc3)nc2c1. The third kappa shape index (κ3) is 3.94. The molecule has 0 aliphatic rings. The van der Waals surface area contributed by atoms with E-state index in [9.17, 15) is 0 Å². The van der Waals surface area contributed by atoms with E-state index in [2.05, 4.69) is 25.6 Å². The average molecular weight is 414 g/mol. The molecule has 2 heterocycles. The van der Waals surface area contributed by atoms with Gasteiger partial charge in [0.25, 0.3) is 6.01 Å². The Morgan fingerprint density at radius 1 is 0.767 bits per heavy atom. The highest BCUT2D eigenvalue weighted by atomic mass is 35.5. The minimum Gasteiger partial charge on any atom is -0.423 e. The maximum Gasteiger partial charge on any atom is 0.300 e. The largest absolute Gasteiger partial charge is 0.423 e. The molecule has 0 saturated carbocycles. The van der Waals surface area contributed by atoms with Crippen molar-refractivity contribution in [2.45, 2.75) is 0 Å². The summed E-state index contributed by atoms with van der Waals surface area (Å²) >= 11 is 6.00. The summed E-state index contributed by atoms with van der Waals surface area (Å²) in [6, 6.07) is 25.4. The second kappa shape index (κ2) is 7.85. The van der Waals surface area contributed by atoms with Gasteiger partial charge in [0.15, 0.2) is 5.58 Å². The van der Waals surface area contributed by atoms with E-state index in [0.717, 1.165) is 28.5 Å². The van der Waals surface area contributed by atoms with Gasteiger partial charge < -0.3 is 15.1 Å². The molecule has 3 aromatic carbocycles. The topological polar surface area (TPSA) is 75.9 Å². The van der Waals surface area contributed by atoms with Crippen LogP contribution in [0.2, 0.25) is 5.02 Å². The van der Waals surface area contributed by atoms with Gasteiger partial charge in [0.2, 0.25) is 0 Å². The van der Waals surface area contributed by atoms with Gasteiger partial charge in [-0.25, -0.2) is 9.97 Å². The maximum absolute atomic E-state index is 6.00. The molecular weight excluding hydrogens is 398 g/mol. The smallest absolute Gasteiger partial charge is 0.300 e. The molecule has 7 heteroatoms. The van der Waals surface area contributed by atoms with E-state index >= 15 is 0 Å². The van der Waals surface area contributed by atoms with Gasteiger partial charge in [-0.15, -0.1) is 0 Å². The van der Waals surface area contributed by atoms with Crippen LogP contribution in [0.3, 0.4) is 0 Å². The number of rotatable bonds is 5. The Morgan fingerprint density at radius 2 is 1.53 bits per heavy atom. The zero-order valence-electron chi connectivity index (χ0n) is 15.7. The van der Waals surface area contributed by atoms with Gasteiger partial charge in [-0.1, -0.05) is 41.9 Å². The van der Waals surface area contributed by atoms with E-state index in [4.69, 9.17) is 16.0 Å². The molecule has 0 spiro atoms. The quantitative estimate of drug-likeness (QED) is 0.346. The molecule has 0 aliphatic heterocycles. The number of benzene rings is 3. The molecule has 5 rings (SSSR count). The Labute approximate surface area is 177 Å². The molecule has 146 valence electrons. The average Bonchev–Trinajstić information content (AvgIpc) is 3.17. The number of fused-ring (bicyclic) bond motifs is 1. The number of aromatic nitrogens is 3. The Bertz CT molecular complexity index is 1300. The summed E-state index contributed by atoms with van der Waals surface area (Å²) in [6.07, 6.45) is 1.56. The minimum absolute atomic E-state index is 0.413. The third-order valence-electron chi connectivity index (χ3n) is 4.49. The van der Waals surface area contributed by atoms with E-state index in [1.807, 2.05) is 60.7 Å². The van der Waals surface area contributed by atoms with Crippen molar-refractivity contribution in [3.8, 4) is 11.3 Å². The summed E-state index contributed by atoms with van der Waals surface area (Å²) in [5.41, 5.74) is 5.05. The highest BCUT2D eigenvalue weighted by molar-refractivity contribution is 6.31. The van der Waals surface area contributed by atoms with Gasteiger partial charge in [-0.05, 0) is 42.5 Å². The molecule has 30 heavy (non-hydrogen) atoms. The fraction of sp³-hybridized carbons (Fsp3) is 0. The van der Waals surface area contributed by atoms with Crippen molar-refractivity contribution in [1.82, 2.24) is 15.0 Å². The minimum atomic E-state index is 0.413. The van der Waals surface area contributed by atoms with Crippen LogP contribution in [0.25, 0.3) is 22.4 Å². The van der Waals surface area contributed by atoms with E-state index in [1.54, 1.807) is 24.5 Å². The zero-order chi connectivity index (χ0) is 20.3. The van der Waals surface area contributed by atoms with E-state index in [0.29, 0.717) is 22.1 Å². The molecule has 0 aliphatic carbocycles. The highest BCUT2D eigenvalue weighted by Gasteiger charge is 2.07. The zero-order valence-corrected chi connectivity index (χ0v) is 16.5. The highest BCUT2D eigenvalue weighted by Crippen LogP contribution is 2.26. The third-order valence-corrected chi connectivity index (χ3v) is 4.73. The number of oxazole rings is 1. The van der Waals surface area contributed by atoms with Crippen molar-refractivity contribution in [3.63, 3.8) is 0 Å². The first-order chi connectivity index (χ1) is 14.7. The first-order valence-corrected chi connectivity index (χ1v) is 9.68. The first-order valence-electron chi connectivity index (χ1n) is 9.31. The van der Waals surface area contributed by atoms with Gasteiger partial charge in [-0.3, -0.25) is 0 Å². The predicted octanol–water partition coefficient (Wildman–Crippen LogP) is 6.43. The molecule has 2 aromatic heterocycles. The summed E-state index contributed by atoms with van der Waals surface area (Å²) in [4.78, 5) is 13.1. The summed E-state index contributed by atoms with van der Waals surface area (Å²) in [5, 5.41) is 7.08. The van der Waals surface area contributed by atoms with Crippen molar-refractivity contribution < 1.29 is 4.42 Å². The molecular formula is C23H16ClN5O. The van der Waals surface area contributed by atoms with Crippen LogP contribution in [0.1, 0.15) is 0 Å². The van der Waals surface area contributed by atoms with Gasteiger partial charge in [0.1, 0.15) is 17.7 Å². The Balaban J connectivity index is 1.30. The summed E-state index contributed by atoms with van der Waals surface area (Å²) in [6.45, 7) is 0. The molecule has 6 nitrogen and oxygen atoms in total. The summed E-state index contributed by atoms with van der Waals surface area (Å²) in [5.74, 6) is 0.723. The lowest BCUT2D eigenvalue weighted by Gasteiger charge is -2.08. The first kappa shape index (κ1) is 18.1. The van der Waals surface area contributed by atoms with Crippen LogP contribution < -0.4 is 10.6 Å². The molecule has 0 saturated heterocycles. The van der Waals surface area contributed by atoms with E-state index in [-0.39, 0.29) is 0 Å². The van der Waals surface area contributed by atoms with Gasteiger partial charge >= 0.3 is 0 Å². The number of nitrogens with one attached hydrogen (secondary N) is 2. The maximum atomic E-state index is 6.00. The lowest BCUT2D eigenvalue weighted by atomic mass is 10.1. The van der Waals surface area contributed by atoms with Crippen LogP contribution in [0, 0.1) is 0 Å². The molecule has 2 N–H and O–H groups in total. The fourth-order valence-corrected chi connectivity index (χ4v) is 3.22. The Kier molecular flexibility index (Phi) is 4.75. The van der Waals surface area contributed by atoms with Crippen LogP contribution >= 0.6 is 11.6 Å². The summed E-state index contributed by atoms with van der Waals surface area (Å²) < 4.78 is 5.69. The number of hydrogen-bond acceptors (Lipinski definition) is 6. The molecule has 0 bridgehead atoms. The standard InChI is InChI=1S/C23H16ClN5O/c24-16-6-11-21-20(12-16)29-23(30-21)28-18-9-7-17(8-10-18)27-22-13-19(25-14-26-22)15-4-2-1-3-5-15/h1-14H,(H,28,29)(H,25,26,27). The number of nitrogens with zero attached hydrogens (tertiary/aromatic N) is 3. The monoisotopic (exact) mass is 413 g/mol. The van der Waals surface area contributed by atoms with Gasteiger partial charge in [0, 0.05) is 28.0 Å². The second-order valence-corrected chi connectivity index (χ2v) is 7.05. The Hall–Kier alpha value is -3.90. The van der Waals surface area contributed by atoms with Gasteiger partial charge in [-0.2, -0.15) is 4.98 Å². The second-order valence-electron chi connectivity index (χ2n) is 6.61. The van der Waals surface area contributed by atoms with Crippen molar-refractivity contribution >= 4 is 45.9 Å². The van der Waals surface area contributed by atoms with Crippen LogP contribution in [-0.2, 0) is 0 Å². The lowest BCUT2D eigenvalue weighted by molar-refractivity contribution is 0.623. The number of halogens is 1. The van der Waals surface area contributed by atoms with Crippen molar-refractivity contribution in [2.24, 2.45) is 0 Å². The summed E-state index contributed by atoms with van der Waals surface area (Å²) in [7, 11) is 0. The molecule has 0 unspecified atom stereocenters. The van der Waals surface area contributed by atoms with Crippen LogP contribution in [-0.4, -0.2) is 15.0 Å². The Morgan fingerprint density at radius 3 is 2.33 bits per heavy atom. The lowest BCUT2D eigenvalue weighted by Crippen LogP contribution is -1.96. The van der Waals surface area contributed by atoms with Crippen LogP contribution in [0.15, 0.2) is 89.6 Å². The van der Waals surface area contributed by atoms with Crippen molar-refractivity contribution in [1.29, 1.82) is 0 Å². The van der Waals surface area contributed by atoms with Crippen LogP contribution in [0.4, 0.5) is 23.2 Å². The van der Waals surface area contributed by atoms with E-state index in [1.165, 1.54) is 0 Å².